The molecule has 0 aliphatic carbocycles. The van der Waals surface area contributed by atoms with E-state index in [1.54, 1.807) is 24.4 Å². The minimum absolute atomic E-state index is 0.180. The van der Waals surface area contributed by atoms with Gasteiger partial charge in [0, 0.05) is 28.9 Å². The van der Waals surface area contributed by atoms with E-state index >= 15 is 0 Å². The Hall–Kier alpha value is -3.33. The van der Waals surface area contributed by atoms with Gasteiger partial charge in [-0.25, -0.2) is 4.98 Å². The topological polar surface area (TPSA) is 101 Å². The molecule has 3 N–H and O–H groups in total. The Balaban J connectivity index is 2.20. The Kier molecular flexibility index (Phi) is 4.15. The van der Waals surface area contributed by atoms with Crippen LogP contribution in [-0.4, -0.2) is 19.9 Å². The average molecular weight is 333 g/mol. The number of aryl methyl sites for hydroxylation is 1. The molecule has 0 bridgehead atoms. The molecule has 0 fully saturated rings. The molecule has 0 spiro atoms. The fourth-order valence-electron chi connectivity index (χ4n) is 2.74. The molecular weight excluding hydrogens is 314 g/mol. The van der Waals surface area contributed by atoms with Crippen molar-refractivity contribution >= 4 is 5.82 Å². The van der Waals surface area contributed by atoms with Crippen LogP contribution in [-0.2, 0) is 0 Å². The number of nitrogen functional groups attached to an aromatic ring is 1. The van der Waals surface area contributed by atoms with E-state index in [0.29, 0.717) is 16.8 Å². The Labute approximate surface area is 146 Å². The number of pyridine rings is 1. The highest BCUT2D eigenvalue weighted by molar-refractivity contribution is 5.80. The summed E-state index contributed by atoms with van der Waals surface area (Å²) < 4.78 is 1.83. The second kappa shape index (κ2) is 6.29. The third kappa shape index (κ3) is 3.04. The molecule has 0 saturated heterocycles. The van der Waals surface area contributed by atoms with Gasteiger partial charge < -0.3 is 10.8 Å². The molecule has 25 heavy (non-hydrogen) atoms. The van der Waals surface area contributed by atoms with Gasteiger partial charge in [-0.2, -0.15) is 10.4 Å². The summed E-state index contributed by atoms with van der Waals surface area (Å²) in [5.74, 6) is 0.376. The molecule has 0 saturated carbocycles. The zero-order valence-electron chi connectivity index (χ0n) is 14.4. The Morgan fingerprint density at radius 3 is 2.60 bits per heavy atom. The molecule has 3 rings (SSSR count). The number of anilines is 1. The molecule has 0 atom stereocenters. The van der Waals surface area contributed by atoms with Crippen LogP contribution in [0.5, 0.6) is 5.75 Å². The second-order valence-corrected chi connectivity index (χ2v) is 6.23. The zero-order chi connectivity index (χ0) is 18.1. The zero-order valence-corrected chi connectivity index (χ0v) is 14.4. The number of nitrogens with zero attached hydrogens (tertiary/aromatic N) is 4. The van der Waals surface area contributed by atoms with Crippen molar-refractivity contribution in [3.63, 3.8) is 0 Å². The second-order valence-electron chi connectivity index (χ2n) is 6.23. The van der Waals surface area contributed by atoms with Gasteiger partial charge in [0.1, 0.15) is 23.2 Å². The van der Waals surface area contributed by atoms with E-state index in [9.17, 15) is 10.4 Å². The van der Waals surface area contributed by atoms with Crippen LogP contribution < -0.4 is 5.73 Å². The minimum atomic E-state index is 0.180. The van der Waals surface area contributed by atoms with E-state index in [1.807, 2.05) is 37.7 Å². The fraction of sp³-hybridized carbons (Fsp3) is 0.211. The van der Waals surface area contributed by atoms with Crippen LogP contribution in [0.3, 0.4) is 0 Å². The van der Waals surface area contributed by atoms with Gasteiger partial charge in [-0.3, -0.25) is 4.68 Å². The molecule has 1 aromatic carbocycles. The number of nitrogens with two attached hydrogens (primary N) is 1. The average Bonchev–Trinajstić information content (AvgIpc) is 3.04. The first-order valence-electron chi connectivity index (χ1n) is 7.96. The van der Waals surface area contributed by atoms with Crippen molar-refractivity contribution in [2.75, 3.05) is 5.73 Å². The van der Waals surface area contributed by atoms with Crippen LogP contribution in [0.15, 0.2) is 36.7 Å². The third-order valence-electron chi connectivity index (χ3n) is 4.09. The number of nitriles is 1. The SMILES string of the molecule is Cc1cc(O)ccc1-c1cc(-c2cnn(C(C)C)c2)c(C#N)c(N)n1. The van der Waals surface area contributed by atoms with Crippen LogP contribution >= 0.6 is 0 Å². The quantitative estimate of drug-likeness (QED) is 0.761. The number of hydrogen-bond acceptors (Lipinski definition) is 5. The van der Waals surface area contributed by atoms with E-state index in [-0.39, 0.29) is 17.6 Å². The third-order valence-corrected chi connectivity index (χ3v) is 4.09. The monoisotopic (exact) mass is 333 g/mol. The van der Waals surface area contributed by atoms with Gasteiger partial charge in [-0.15, -0.1) is 0 Å². The van der Waals surface area contributed by atoms with Crippen LogP contribution in [0.2, 0.25) is 0 Å². The van der Waals surface area contributed by atoms with Gasteiger partial charge in [0.05, 0.1) is 11.9 Å². The lowest BCUT2D eigenvalue weighted by atomic mass is 9.98. The van der Waals surface area contributed by atoms with E-state index in [1.165, 1.54) is 0 Å². The molecule has 0 amide bonds. The van der Waals surface area contributed by atoms with E-state index in [4.69, 9.17) is 5.73 Å². The van der Waals surface area contributed by atoms with Crippen molar-refractivity contribution in [3.05, 3.63) is 47.8 Å². The summed E-state index contributed by atoms with van der Waals surface area (Å²) in [6, 6.07) is 9.27. The van der Waals surface area contributed by atoms with E-state index in [0.717, 1.165) is 16.7 Å². The molecule has 126 valence electrons. The van der Waals surface area contributed by atoms with Gasteiger partial charge in [-0.1, -0.05) is 0 Å². The number of phenols is 1. The van der Waals surface area contributed by atoms with Crippen molar-refractivity contribution in [2.24, 2.45) is 0 Å². The molecular formula is C19H19N5O. The van der Waals surface area contributed by atoms with Gasteiger partial charge in [0.25, 0.3) is 0 Å². The molecule has 0 aliphatic rings. The smallest absolute Gasteiger partial charge is 0.142 e. The summed E-state index contributed by atoms with van der Waals surface area (Å²) in [5.41, 5.74) is 10.3. The molecule has 6 heteroatoms. The number of aromatic nitrogens is 3. The maximum atomic E-state index is 9.61. The predicted octanol–water partition coefficient (Wildman–Crippen LogP) is 3.66. The standard InChI is InChI=1S/C19H19N5O/c1-11(2)24-10-13(9-22-24)16-7-18(23-19(21)17(16)8-20)15-5-4-14(25)6-12(15)3/h4-7,9-11,25H,1-3H3,(H2,21,23). The molecule has 0 radical (unpaired) electrons. The summed E-state index contributed by atoms with van der Waals surface area (Å²) in [5, 5.41) is 23.4. The fourth-order valence-corrected chi connectivity index (χ4v) is 2.74. The highest BCUT2D eigenvalue weighted by Crippen LogP contribution is 2.33. The van der Waals surface area contributed by atoms with Crippen LogP contribution in [0, 0.1) is 18.3 Å². The lowest BCUT2D eigenvalue weighted by molar-refractivity contribution is 0.475. The first-order valence-corrected chi connectivity index (χ1v) is 7.96. The number of aromatic hydroxyl groups is 1. The lowest BCUT2D eigenvalue weighted by Gasteiger charge is -2.11. The van der Waals surface area contributed by atoms with Gasteiger partial charge in [-0.05, 0) is 50.6 Å². The van der Waals surface area contributed by atoms with Crippen molar-refractivity contribution < 1.29 is 5.11 Å². The lowest BCUT2D eigenvalue weighted by Crippen LogP contribution is -2.01. The number of benzene rings is 1. The predicted molar refractivity (Wildman–Crippen MR) is 96.8 cm³/mol. The maximum Gasteiger partial charge on any atom is 0.142 e. The van der Waals surface area contributed by atoms with Crippen molar-refractivity contribution in [1.29, 1.82) is 5.26 Å². The molecule has 0 aliphatic heterocycles. The van der Waals surface area contributed by atoms with E-state index < -0.39 is 0 Å². The van der Waals surface area contributed by atoms with Crippen molar-refractivity contribution in [3.8, 4) is 34.2 Å². The normalized spacial score (nSPS) is 10.8. The number of rotatable bonds is 3. The van der Waals surface area contributed by atoms with Crippen molar-refractivity contribution in [1.82, 2.24) is 14.8 Å². The highest BCUT2D eigenvalue weighted by atomic mass is 16.3. The first-order chi connectivity index (χ1) is 11.9. The summed E-state index contributed by atoms with van der Waals surface area (Å²) in [6.45, 7) is 5.96. The Morgan fingerprint density at radius 1 is 1.24 bits per heavy atom. The molecule has 0 unspecified atom stereocenters. The molecule has 3 aromatic rings. The Bertz CT molecular complexity index is 982. The number of hydrogen-bond donors (Lipinski definition) is 2. The van der Waals surface area contributed by atoms with Crippen LogP contribution in [0.25, 0.3) is 22.4 Å². The largest absolute Gasteiger partial charge is 0.508 e. The van der Waals surface area contributed by atoms with Crippen LogP contribution in [0.1, 0.15) is 31.0 Å². The highest BCUT2D eigenvalue weighted by Gasteiger charge is 2.16. The van der Waals surface area contributed by atoms with Crippen LogP contribution in [0.4, 0.5) is 5.82 Å². The maximum absolute atomic E-state index is 9.61. The number of phenolic OH excluding ortho intramolecular Hbond substituents is 1. The molecule has 2 heterocycles. The Morgan fingerprint density at radius 2 is 2.00 bits per heavy atom. The summed E-state index contributed by atoms with van der Waals surface area (Å²) in [4.78, 5) is 4.38. The summed E-state index contributed by atoms with van der Waals surface area (Å²) in [6.07, 6.45) is 3.62. The summed E-state index contributed by atoms with van der Waals surface area (Å²) >= 11 is 0. The van der Waals surface area contributed by atoms with Gasteiger partial charge >= 0.3 is 0 Å². The van der Waals surface area contributed by atoms with Gasteiger partial charge in [0.15, 0.2) is 0 Å². The first kappa shape index (κ1) is 16.5. The molecule has 2 aromatic heterocycles. The minimum Gasteiger partial charge on any atom is -0.508 e. The van der Waals surface area contributed by atoms with E-state index in [2.05, 4.69) is 16.2 Å². The molecule has 6 nitrogen and oxygen atoms in total. The van der Waals surface area contributed by atoms with Gasteiger partial charge in [0.2, 0.25) is 0 Å². The summed E-state index contributed by atoms with van der Waals surface area (Å²) in [7, 11) is 0. The van der Waals surface area contributed by atoms with Crippen molar-refractivity contribution in [2.45, 2.75) is 26.8 Å².